The Labute approximate surface area is 123 Å². The summed E-state index contributed by atoms with van der Waals surface area (Å²) in [5, 5.41) is 3.69. The zero-order valence-corrected chi connectivity index (χ0v) is 13.0. The van der Waals surface area contributed by atoms with Crippen LogP contribution in [0.1, 0.15) is 57.4 Å². The Kier molecular flexibility index (Phi) is 6.55. The Morgan fingerprint density at radius 2 is 1.80 bits per heavy atom. The van der Waals surface area contributed by atoms with Gasteiger partial charge in [-0.3, -0.25) is 0 Å². The molecular formula is C18H29NO. The highest BCUT2D eigenvalue weighted by Gasteiger charge is 2.21. The second kappa shape index (κ2) is 8.43. The van der Waals surface area contributed by atoms with E-state index in [9.17, 15) is 0 Å². The van der Waals surface area contributed by atoms with E-state index in [-0.39, 0.29) is 0 Å². The summed E-state index contributed by atoms with van der Waals surface area (Å²) in [6.07, 6.45) is 6.75. The Morgan fingerprint density at radius 1 is 1.10 bits per heavy atom. The van der Waals surface area contributed by atoms with E-state index in [1.165, 1.54) is 31.2 Å². The summed E-state index contributed by atoms with van der Waals surface area (Å²) in [5.41, 5.74) is 1.52. The molecule has 1 aliphatic rings. The number of hydrogen-bond donors (Lipinski definition) is 1. The Hall–Kier alpha value is -0.860. The second-order valence-corrected chi connectivity index (χ2v) is 6.19. The van der Waals surface area contributed by atoms with Crippen molar-refractivity contribution in [1.82, 2.24) is 5.32 Å². The second-order valence-electron chi connectivity index (χ2n) is 6.19. The third-order valence-corrected chi connectivity index (χ3v) is 4.20. The number of hydrogen-bond acceptors (Lipinski definition) is 2. The highest BCUT2D eigenvalue weighted by Crippen LogP contribution is 2.32. The van der Waals surface area contributed by atoms with Gasteiger partial charge in [0.2, 0.25) is 0 Å². The minimum atomic E-state index is 0.358. The molecule has 0 amide bonds. The van der Waals surface area contributed by atoms with Gasteiger partial charge in [0, 0.05) is 12.6 Å². The van der Waals surface area contributed by atoms with Crippen molar-refractivity contribution in [2.75, 3.05) is 13.2 Å². The van der Waals surface area contributed by atoms with Crippen LogP contribution in [0.5, 0.6) is 0 Å². The van der Waals surface area contributed by atoms with Gasteiger partial charge in [0.05, 0.1) is 6.10 Å². The number of ether oxygens (including phenoxy) is 1. The van der Waals surface area contributed by atoms with Gasteiger partial charge in [0.15, 0.2) is 0 Å². The molecule has 2 rings (SSSR count). The van der Waals surface area contributed by atoms with Crippen molar-refractivity contribution in [2.24, 2.45) is 0 Å². The maximum absolute atomic E-state index is 5.57. The maximum atomic E-state index is 5.57. The standard InChI is InChI=1S/C18H29NO/c1-15(2)20-14-6-13-19-18-11-9-17(10-12-18)16-7-4-3-5-8-16/h3-5,7-8,15,17-19H,6,9-14H2,1-2H3. The summed E-state index contributed by atoms with van der Waals surface area (Å²) in [6, 6.07) is 11.7. The molecule has 0 unspecified atom stereocenters. The summed E-state index contributed by atoms with van der Waals surface area (Å²) >= 11 is 0. The molecule has 2 heteroatoms. The van der Waals surface area contributed by atoms with Crippen LogP contribution < -0.4 is 5.32 Å². The van der Waals surface area contributed by atoms with Crippen LogP contribution in [0.25, 0.3) is 0 Å². The summed E-state index contributed by atoms with van der Waals surface area (Å²) in [5.74, 6) is 0.776. The number of nitrogens with one attached hydrogen (secondary N) is 1. The maximum Gasteiger partial charge on any atom is 0.0518 e. The molecular weight excluding hydrogens is 246 g/mol. The third kappa shape index (κ3) is 5.26. The fraction of sp³-hybridized carbons (Fsp3) is 0.667. The first-order chi connectivity index (χ1) is 9.75. The molecule has 1 N–H and O–H groups in total. The molecule has 0 aliphatic heterocycles. The van der Waals surface area contributed by atoms with Crippen LogP contribution in [0.4, 0.5) is 0 Å². The van der Waals surface area contributed by atoms with Crippen molar-refractivity contribution in [3.8, 4) is 0 Å². The van der Waals surface area contributed by atoms with Gasteiger partial charge in [0.1, 0.15) is 0 Å². The van der Waals surface area contributed by atoms with Crippen molar-refractivity contribution >= 4 is 0 Å². The predicted octanol–water partition coefficient (Wildman–Crippen LogP) is 4.12. The lowest BCUT2D eigenvalue weighted by Crippen LogP contribution is -2.33. The predicted molar refractivity (Wildman–Crippen MR) is 85.1 cm³/mol. The molecule has 1 aliphatic carbocycles. The van der Waals surface area contributed by atoms with Gasteiger partial charge in [-0.25, -0.2) is 0 Å². The zero-order chi connectivity index (χ0) is 14.2. The Balaban J connectivity index is 1.60. The topological polar surface area (TPSA) is 21.3 Å². The van der Waals surface area contributed by atoms with Gasteiger partial charge < -0.3 is 10.1 Å². The third-order valence-electron chi connectivity index (χ3n) is 4.20. The van der Waals surface area contributed by atoms with E-state index in [2.05, 4.69) is 49.5 Å². The average molecular weight is 275 g/mol. The van der Waals surface area contributed by atoms with E-state index in [0.29, 0.717) is 12.1 Å². The van der Waals surface area contributed by atoms with E-state index in [4.69, 9.17) is 4.74 Å². The first-order valence-corrected chi connectivity index (χ1v) is 8.15. The Bertz CT molecular complexity index is 355. The van der Waals surface area contributed by atoms with Crippen molar-refractivity contribution in [1.29, 1.82) is 0 Å². The van der Waals surface area contributed by atoms with Crippen molar-refractivity contribution < 1.29 is 4.74 Å². The fourth-order valence-electron chi connectivity index (χ4n) is 3.05. The van der Waals surface area contributed by atoms with Crippen LogP contribution in [0.15, 0.2) is 30.3 Å². The molecule has 112 valence electrons. The molecule has 1 aromatic rings. The fourth-order valence-corrected chi connectivity index (χ4v) is 3.05. The minimum absolute atomic E-state index is 0.358. The van der Waals surface area contributed by atoms with Crippen molar-refractivity contribution in [3.63, 3.8) is 0 Å². The molecule has 20 heavy (non-hydrogen) atoms. The van der Waals surface area contributed by atoms with E-state index < -0.39 is 0 Å². The van der Waals surface area contributed by atoms with E-state index in [1.807, 2.05) is 0 Å². The van der Waals surface area contributed by atoms with Crippen LogP contribution in [0.3, 0.4) is 0 Å². The molecule has 2 nitrogen and oxygen atoms in total. The molecule has 1 saturated carbocycles. The van der Waals surface area contributed by atoms with E-state index in [1.54, 1.807) is 0 Å². The summed E-state index contributed by atoms with van der Waals surface area (Å²) in [6.45, 7) is 6.16. The van der Waals surface area contributed by atoms with Crippen LogP contribution in [0.2, 0.25) is 0 Å². The summed E-state index contributed by atoms with van der Waals surface area (Å²) in [7, 11) is 0. The zero-order valence-electron chi connectivity index (χ0n) is 13.0. The van der Waals surface area contributed by atoms with Gasteiger partial charge in [-0.05, 0) is 64.0 Å². The molecule has 1 fully saturated rings. The van der Waals surface area contributed by atoms with Gasteiger partial charge in [-0.15, -0.1) is 0 Å². The normalized spacial score (nSPS) is 23.1. The minimum Gasteiger partial charge on any atom is -0.379 e. The van der Waals surface area contributed by atoms with Gasteiger partial charge in [-0.1, -0.05) is 30.3 Å². The first kappa shape index (κ1) is 15.5. The molecule has 0 aromatic heterocycles. The highest BCUT2D eigenvalue weighted by molar-refractivity contribution is 5.20. The van der Waals surface area contributed by atoms with E-state index >= 15 is 0 Å². The summed E-state index contributed by atoms with van der Waals surface area (Å²) in [4.78, 5) is 0. The molecule has 0 saturated heterocycles. The molecule has 0 radical (unpaired) electrons. The van der Waals surface area contributed by atoms with Gasteiger partial charge in [0.25, 0.3) is 0 Å². The van der Waals surface area contributed by atoms with Crippen LogP contribution in [0, 0.1) is 0 Å². The summed E-state index contributed by atoms with van der Waals surface area (Å²) < 4.78 is 5.57. The molecule has 0 heterocycles. The highest BCUT2D eigenvalue weighted by atomic mass is 16.5. The Morgan fingerprint density at radius 3 is 2.45 bits per heavy atom. The van der Waals surface area contributed by atoms with Gasteiger partial charge in [-0.2, -0.15) is 0 Å². The molecule has 0 spiro atoms. The van der Waals surface area contributed by atoms with Crippen LogP contribution in [-0.2, 0) is 4.74 Å². The average Bonchev–Trinajstić information content (AvgIpc) is 2.48. The first-order valence-electron chi connectivity index (χ1n) is 8.15. The van der Waals surface area contributed by atoms with Crippen molar-refractivity contribution in [2.45, 2.75) is 64.0 Å². The van der Waals surface area contributed by atoms with Crippen LogP contribution >= 0.6 is 0 Å². The quantitative estimate of drug-likeness (QED) is 0.756. The number of rotatable bonds is 7. The lowest BCUT2D eigenvalue weighted by molar-refractivity contribution is 0.0764. The monoisotopic (exact) mass is 275 g/mol. The SMILES string of the molecule is CC(C)OCCCNC1CCC(c2ccccc2)CC1. The van der Waals surface area contributed by atoms with Crippen molar-refractivity contribution in [3.05, 3.63) is 35.9 Å². The lowest BCUT2D eigenvalue weighted by Gasteiger charge is -2.29. The van der Waals surface area contributed by atoms with Crippen LogP contribution in [-0.4, -0.2) is 25.3 Å². The molecule has 1 aromatic carbocycles. The number of benzene rings is 1. The largest absolute Gasteiger partial charge is 0.379 e. The molecule has 0 atom stereocenters. The van der Waals surface area contributed by atoms with E-state index in [0.717, 1.165) is 25.5 Å². The lowest BCUT2D eigenvalue weighted by atomic mass is 9.82. The van der Waals surface area contributed by atoms with Gasteiger partial charge >= 0.3 is 0 Å². The smallest absolute Gasteiger partial charge is 0.0518 e. The molecule has 0 bridgehead atoms.